The molecule has 0 unspecified atom stereocenters. The van der Waals surface area contributed by atoms with E-state index in [4.69, 9.17) is 23.2 Å². The fourth-order valence-corrected chi connectivity index (χ4v) is 3.52. The van der Waals surface area contributed by atoms with Crippen molar-refractivity contribution in [3.63, 3.8) is 0 Å². The normalized spacial score (nSPS) is 11.9. The summed E-state index contributed by atoms with van der Waals surface area (Å²) in [5.74, 6) is 0. The number of nitrogens with one attached hydrogen (secondary N) is 1. The van der Waals surface area contributed by atoms with Gasteiger partial charge in [0.2, 0.25) is 0 Å². The van der Waals surface area contributed by atoms with Crippen LogP contribution in [0.4, 0.5) is 13.2 Å². The van der Waals surface area contributed by atoms with Crippen LogP contribution in [0.3, 0.4) is 0 Å². The molecule has 3 nitrogen and oxygen atoms in total. The summed E-state index contributed by atoms with van der Waals surface area (Å²) in [5.41, 5.74) is 1.91. The maximum absolute atomic E-state index is 13.0. The Bertz CT molecular complexity index is 1280. The van der Waals surface area contributed by atoms with Crippen molar-refractivity contribution in [2.45, 2.75) is 12.7 Å². The standard InChI is InChI=1S/C21H13Cl2F3N2O/c22-16-6-4-12(8-17(16)23)11-28-19-7-5-14(10-18(19)27-20(28)29)13-2-1-3-15(9-13)21(24,25)26/h1-10H,11H2,(H,27,29). The van der Waals surface area contributed by atoms with Gasteiger partial charge in [-0.1, -0.05) is 47.5 Å². The lowest BCUT2D eigenvalue weighted by molar-refractivity contribution is -0.137. The van der Waals surface area contributed by atoms with E-state index in [1.807, 2.05) is 0 Å². The molecule has 29 heavy (non-hydrogen) atoms. The lowest BCUT2D eigenvalue weighted by Gasteiger charge is -2.09. The summed E-state index contributed by atoms with van der Waals surface area (Å²) >= 11 is 12.0. The fourth-order valence-electron chi connectivity index (χ4n) is 3.20. The van der Waals surface area contributed by atoms with E-state index < -0.39 is 11.7 Å². The number of aromatic amines is 1. The number of nitrogens with zero attached hydrogens (tertiary/aromatic N) is 1. The predicted molar refractivity (Wildman–Crippen MR) is 109 cm³/mol. The fraction of sp³-hybridized carbons (Fsp3) is 0.0952. The first-order valence-corrected chi connectivity index (χ1v) is 9.32. The summed E-state index contributed by atoms with van der Waals surface area (Å²) in [4.78, 5) is 15.2. The minimum atomic E-state index is -4.42. The number of rotatable bonds is 3. The highest BCUT2D eigenvalue weighted by Crippen LogP contribution is 2.33. The Morgan fingerprint density at radius 3 is 2.38 bits per heavy atom. The Morgan fingerprint density at radius 1 is 0.897 bits per heavy atom. The first kappa shape index (κ1) is 19.6. The lowest BCUT2D eigenvalue weighted by Crippen LogP contribution is -2.17. The molecule has 0 amide bonds. The van der Waals surface area contributed by atoms with Crippen molar-refractivity contribution in [1.82, 2.24) is 9.55 Å². The van der Waals surface area contributed by atoms with E-state index in [-0.39, 0.29) is 12.2 Å². The van der Waals surface area contributed by atoms with Crippen molar-refractivity contribution in [2.75, 3.05) is 0 Å². The number of fused-ring (bicyclic) bond motifs is 1. The van der Waals surface area contributed by atoms with Gasteiger partial charge in [-0.25, -0.2) is 4.79 Å². The van der Waals surface area contributed by atoms with Gasteiger partial charge in [-0.15, -0.1) is 0 Å². The third kappa shape index (κ3) is 3.91. The van der Waals surface area contributed by atoms with Crippen LogP contribution in [0.25, 0.3) is 22.2 Å². The first-order valence-electron chi connectivity index (χ1n) is 8.56. The molecule has 0 saturated heterocycles. The Labute approximate surface area is 173 Å². The lowest BCUT2D eigenvalue weighted by atomic mass is 10.0. The number of halogens is 5. The summed E-state index contributed by atoms with van der Waals surface area (Å²) in [6, 6.07) is 15.3. The average Bonchev–Trinajstić information content (AvgIpc) is 2.98. The van der Waals surface area contributed by atoms with Crippen LogP contribution >= 0.6 is 23.2 Å². The number of H-pyrrole nitrogens is 1. The highest BCUT2D eigenvalue weighted by Gasteiger charge is 2.30. The second-order valence-corrected chi connectivity index (χ2v) is 7.39. The van der Waals surface area contributed by atoms with E-state index in [0.29, 0.717) is 32.2 Å². The molecule has 4 rings (SSSR count). The highest BCUT2D eigenvalue weighted by molar-refractivity contribution is 6.42. The van der Waals surface area contributed by atoms with Crippen LogP contribution in [-0.2, 0) is 12.7 Å². The molecule has 1 heterocycles. The van der Waals surface area contributed by atoms with Gasteiger partial charge in [0.25, 0.3) is 0 Å². The van der Waals surface area contributed by atoms with Crippen molar-refractivity contribution in [2.24, 2.45) is 0 Å². The van der Waals surface area contributed by atoms with Crippen molar-refractivity contribution in [3.8, 4) is 11.1 Å². The van der Waals surface area contributed by atoms with E-state index in [0.717, 1.165) is 17.7 Å². The monoisotopic (exact) mass is 436 g/mol. The molecule has 0 bridgehead atoms. The Kier molecular flexibility index (Phi) is 4.92. The summed E-state index contributed by atoms with van der Waals surface area (Å²) < 4.78 is 40.5. The van der Waals surface area contributed by atoms with Crippen LogP contribution in [0.1, 0.15) is 11.1 Å². The maximum Gasteiger partial charge on any atom is 0.416 e. The first-order chi connectivity index (χ1) is 13.7. The average molecular weight is 437 g/mol. The van der Waals surface area contributed by atoms with Crippen LogP contribution in [0.2, 0.25) is 10.0 Å². The van der Waals surface area contributed by atoms with E-state index >= 15 is 0 Å². The molecule has 0 atom stereocenters. The Hall–Kier alpha value is -2.70. The number of hydrogen-bond acceptors (Lipinski definition) is 1. The van der Waals surface area contributed by atoms with Gasteiger partial charge in [-0.2, -0.15) is 13.2 Å². The third-order valence-electron chi connectivity index (χ3n) is 4.62. The van der Waals surface area contributed by atoms with E-state index in [1.165, 1.54) is 10.6 Å². The molecule has 3 aromatic carbocycles. The molecule has 1 N–H and O–H groups in total. The predicted octanol–water partition coefficient (Wildman–Crippen LogP) is 6.37. The van der Waals surface area contributed by atoms with E-state index in [1.54, 1.807) is 42.5 Å². The highest BCUT2D eigenvalue weighted by atomic mass is 35.5. The minimum absolute atomic E-state index is 0.276. The molecule has 0 spiro atoms. The van der Waals surface area contributed by atoms with Gasteiger partial charge >= 0.3 is 11.9 Å². The summed E-state index contributed by atoms with van der Waals surface area (Å²) in [6.07, 6.45) is -4.42. The molecule has 0 fully saturated rings. The van der Waals surface area contributed by atoms with Gasteiger partial charge in [0.15, 0.2) is 0 Å². The number of aromatic nitrogens is 2. The molecular weight excluding hydrogens is 424 g/mol. The molecule has 1 aromatic heterocycles. The molecule has 0 aliphatic carbocycles. The van der Waals surface area contributed by atoms with Crippen LogP contribution in [0.5, 0.6) is 0 Å². The van der Waals surface area contributed by atoms with Crippen molar-refractivity contribution in [1.29, 1.82) is 0 Å². The molecule has 4 aromatic rings. The Morgan fingerprint density at radius 2 is 1.66 bits per heavy atom. The summed E-state index contributed by atoms with van der Waals surface area (Å²) in [6.45, 7) is 0.276. The van der Waals surface area contributed by atoms with Gasteiger partial charge in [0, 0.05) is 0 Å². The van der Waals surface area contributed by atoms with Crippen LogP contribution in [0.15, 0.2) is 65.5 Å². The second kappa shape index (κ2) is 7.28. The van der Waals surface area contributed by atoms with Gasteiger partial charge < -0.3 is 4.98 Å². The molecule has 0 radical (unpaired) electrons. The van der Waals surface area contributed by atoms with E-state index in [9.17, 15) is 18.0 Å². The van der Waals surface area contributed by atoms with Crippen molar-refractivity contribution in [3.05, 3.63) is 92.3 Å². The molecule has 0 aliphatic rings. The smallest absolute Gasteiger partial charge is 0.306 e. The third-order valence-corrected chi connectivity index (χ3v) is 5.36. The van der Waals surface area contributed by atoms with Gasteiger partial charge in [0.05, 0.1) is 33.2 Å². The summed E-state index contributed by atoms with van der Waals surface area (Å²) in [7, 11) is 0. The second-order valence-electron chi connectivity index (χ2n) is 6.58. The summed E-state index contributed by atoms with van der Waals surface area (Å²) in [5, 5.41) is 0.816. The van der Waals surface area contributed by atoms with Gasteiger partial charge in [0.1, 0.15) is 0 Å². The van der Waals surface area contributed by atoms with Crippen LogP contribution < -0.4 is 5.69 Å². The molecular formula is C21H13Cl2F3N2O. The van der Waals surface area contributed by atoms with E-state index in [2.05, 4.69) is 4.98 Å². The van der Waals surface area contributed by atoms with Crippen LogP contribution in [0, 0.1) is 0 Å². The molecule has 148 valence electrons. The number of benzene rings is 3. The largest absolute Gasteiger partial charge is 0.416 e. The van der Waals surface area contributed by atoms with Gasteiger partial charge in [-0.05, 0) is 53.1 Å². The number of imidazole rings is 1. The number of alkyl halides is 3. The van der Waals surface area contributed by atoms with Crippen molar-refractivity contribution >= 4 is 34.2 Å². The van der Waals surface area contributed by atoms with Crippen LogP contribution in [-0.4, -0.2) is 9.55 Å². The zero-order valence-corrected chi connectivity index (χ0v) is 16.2. The maximum atomic E-state index is 13.0. The SMILES string of the molecule is O=c1[nH]c2cc(-c3cccc(C(F)(F)F)c3)ccc2n1Cc1ccc(Cl)c(Cl)c1. The number of hydrogen-bond donors (Lipinski definition) is 1. The quantitative estimate of drug-likeness (QED) is 0.398. The molecule has 0 aliphatic heterocycles. The molecule has 0 saturated carbocycles. The van der Waals surface area contributed by atoms with Crippen molar-refractivity contribution < 1.29 is 13.2 Å². The molecule has 8 heteroatoms. The minimum Gasteiger partial charge on any atom is -0.306 e. The zero-order chi connectivity index (χ0) is 20.8. The topological polar surface area (TPSA) is 37.8 Å². The zero-order valence-electron chi connectivity index (χ0n) is 14.7. The Balaban J connectivity index is 1.73. The van der Waals surface area contributed by atoms with Gasteiger partial charge in [-0.3, -0.25) is 4.57 Å².